The molecule has 0 bridgehead atoms. The van der Waals surface area contributed by atoms with E-state index in [1.165, 1.54) is 11.1 Å². The first-order valence-corrected chi connectivity index (χ1v) is 6.90. The highest BCUT2D eigenvalue weighted by Gasteiger charge is 2.29. The van der Waals surface area contributed by atoms with Crippen molar-refractivity contribution < 1.29 is 13.2 Å². The fourth-order valence-electron chi connectivity index (χ4n) is 2.09. The van der Waals surface area contributed by atoms with Crippen LogP contribution in [0.1, 0.15) is 33.1 Å². The van der Waals surface area contributed by atoms with Crippen LogP contribution in [0.2, 0.25) is 0 Å². The van der Waals surface area contributed by atoms with Gasteiger partial charge in [-0.15, -0.1) is 4.40 Å². The molecule has 7 heteroatoms. The number of rotatable bonds is 1. The molecule has 2 amide bonds. The molecule has 2 aliphatic rings. The molecule has 1 heterocycles. The third-order valence-corrected chi connectivity index (χ3v) is 4.10. The van der Waals surface area contributed by atoms with Gasteiger partial charge in [-0.2, -0.15) is 8.42 Å². The van der Waals surface area contributed by atoms with Gasteiger partial charge >= 0.3 is 16.2 Å². The van der Waals surface area contributed by atoms with Crippen molar-refractivity contribution in [1.29, 1.82) is 0 Å². The van der Waals surface area contributed by atoms with Crippen LogP contribution in [-0.2, 0) is 10.2 Å². The number of hydrogen-bond acceptors (Lipinski definition) is 3. The third kappa shape index (κ3) is 2.66. The Morgan fingerprint density at radius 1 is 1.29 bits per heavy atom. The van der Waals surface area contributed by atoms with Crippen LogP contribution in [0.15, 0.2) is 15.5 Å². The molecule has 94 valence electrons. The summed E-state index contributed by atoms with van der Waals surface area (Å²) in [6, 6.07) is -0.723. The molecule has 6 nitrogen and oxygen atoms in total. The maximum absolute atomic E-state index is 11.3. The summed E-state index contributed by atoms with van der Waals surface area (Å²) in [7, 11) is -3.85. The van der Waals surface area contributed by atoms with Gasteiger partial charge in [0.25, 0.3) is 0 Å². The lowest BCUT2D eigenvalue weighted by atomic mass is 9.84. The number of carbonyl (C=O) groups is 1. The Bertz CT molecular complexity index is 519. The molecule has 0 radical (unpaired) electrons. The maximum atomic E-state index is 11.3. The summed E-state index contributed by atoms with van der Waals surface area (Å²) in [5.74, 6) is 0.250. The largest absolute Gasteiger partial charge is 0.347 e. The van der Waals surface area contributed by atoms with E-state index in [2.05, 4.69) is 16.6 Å². The number of nitrogens with zero attached hydrogens (tertiary/aromatic N) is 1. The first kappa shape index (κ1) is 12.1. The summed E-state index contributed by atoms with van der Waals surface area (Å²) < 4.78 is 27.9. The number of hydrogen-bond donors (Lipinski definition) is 2. The van der Waals surface area contributed by atoms with Crippen LogP contribution in [0.5, 0.6) is 0 Å². The predicted molar refractivity (Wildman–Crippen MR) is 63.7 cm³/mol. The van der Waals surface area contributed by atoms with Gasteiger partial charge in [0, 0.05) is 5.92 Å². The Morgan fingerprint density at radius 2 is 2.00 bits per heavy atom. The van der Waals surface area contributed by atoms with Gasteiger partial charge in [0.05, 0.1) is 0 Å². The minimum Gasteiger partial charge on any atom is -0.294 e. The summed E-state index contributed by atoms with van der Waals surface area (Å²) in [4.78, 5) is 11.2. The van der Waals surface area contributed by atoms with E-state index in [0.717, 1.165) is 19.3 Å². The average Bonchev–Trinajstić information content (AvgIpc) is 2.19. The van der Waals surface area contributed by atoms with Crippen LogP contribution >= 0.6 is 0 Å². The molecule has 1 aliphatic heterocycles. The van der Waals surface area contributed by atoms with E-state index in [1.807, 2.05) is 6.92 Å². The zero-order chi connectivity index (χ0) is 12.6. The van der Waals surface area contributed by atoms with E-state index in [0.29, 0.717) is 0 Å². The molecule has 0 fully saturated rings. The van der Waals surface area contributed by atoms with Crippen LogP contribution in [0.4, 0.5) is 4.79 Å². The Balaban J connectivity index is 2.25. The predicted octanol–water partition coefficient (Wildman–Crippen LogP) is 1.08. The molecule has 2 rings (SSSR count). The monoisotopic (exact) mass is 257 g/mol. The smallest absolute Gasteiger partial charge is 0.294 e. The van der Waals surface area contributed by atoms with Gasteiger partial charge in [-0.25, -0.2) is 9.52 Å². The first-order valence-electron chi connectivity index (χ1n) is 5.46. The SMILES string of the molecule is CC1=C(C)CC(C2=NS(=O)(=O)NC(=O)N2)CC1. The van der Waals surface area contributed by atoms with Crippen molar-refractivity contribution >= 4 is 22.1 Å². The second-order valence-corrected chi connectivity index (χ2v) is 5.84. The van der Waals surface area contributed by atoms with E-state index in [4.69, 9.17) is 0 Å². The minimum absolute atomic E-state index is 0.0143. The Morgan fingerprint density at radius 3 is 2.59 bits per heavy atom. The molecule has 0 aromatic rings. The normalized spacial score (nSPS) is 28.2. The molecule has 1 aliphatic carbocycles. The van der Waals surface area contributed by atoms with Gasteiger partial charge in [0.1, 0.15) is 5.84 Å². The molecule has 0 spiro atoms. The van der Waals surface area contributed by atoms with Crippen molar-refractivity contribution in [1.82, 2.24) is 10.0 Å². The van der Waals surface area contributed by atoms with E-state index in [9.17, 15) is 13.2 Å². The van der Waals surface area contributed by atoms with Crippen molar-refractivity contribution in [3.63, 3.8) is 0 Å². The zero-order valence-electron chi connectivity index (χ0n) is 9.78. The number of allylic oxidation sites excluding steroid dienone is 2. The standard InChI is InChI=1S/C10H15N3O3S/c1-6-3-4-8(5-7(6)2)9-11-10(14)13-17(15,16)12-9/h8H,3-5H2,1-2H3,(H2,11,12,13,14). The van der Waals surface area contributed by atoms with Crippen molar-refractivity contribution in [2.24, 2.45) is 10.3 Å². The van der Waals surface area contributed by atoms with Gasteiger partial charge < -0.3 is 0 Å². The van der Waals surface area contributed by atoms with Crippen molar-refractivity contribution in [3.05, 3.63) is 11.1 Å². The van der Waals surface area contributed by atoms with E-state index >= 15 is 0 Å². The number of amidine groups is 1. The highest BCUT2D eigenvalue weighted by atomic mass is 32.2. The topological polar surface area (TPSA) is 87.6 Å². The van der Waals surface area contributed by atoms with E-state index in [1.54, 1.807) is 4.72 Å². The van der Waals surface area contributed by atoms with Crippen LogP contribution in [0, 0.1) is 5.92 Å². The fraction of sp³-hybridized carbons (Fsp3) is 0.600. The summed E-state index contributed by atoms with van der Waals surface area (Å²) in [5, 5.41) is 2.48. The number of nitrogens with one attached hydrogen (secondary N) is 2. The molecular weight excluding hydrogens is 242 g/mol. The molecular formula is C10H15N3O3S. The van der Waals surface area contributed by atoms with Crippen LogP contribution in [0.3, 0.4) is 0 Å². The average molecular weight is 257 g/mol. The molecule has 2 N–H and O–H groups in total. The number of urea groups is 1. The second-order valence-electron chi connectivity index (χ2n) is 4.51. The second kappa shape index (κ2) is 4.14. The molecule has 0 aromatic carbocycles. The Kier molecular flexibility index (Phi) is 2.94. The zero-order valence-corrected chi connectivity index (χ0v) is 10.6. The first-order chi connectivity index (χ1) is 7.87. The van der Waals surface area contributed by atoms with E-state index < -0.39 is 16.2 Å². The highest BCUT2D eigenvalue weighted by molar-refractivity contribution is 7.89. The van der Waals surface area contributed by atoms with Gasteiger partial charge in [0.2, 0.25) is 0 Å². The van der Waals surface area contributed by atoms with Gasteiger partial charge in [-0.1, -0.05) is 11.1 Å². The molecule has 1 unspecified atom stereocenters. The van der Waals surface area contributed by atoms with Gasteiger partial charge in [-0.3, -0.25) is 5.32 Å². The molecule has 0 saturated carbocycles. The fourth-order valence-corrected chi connectivity index (χ4v) is 2.88. The molecule has 0 saturated heterocycles. The lowest BCUT2D eigenvalue weighted by Crippen LogP contribution is -2.49. The van der Waals surface area contributed by atoms with Crippen molar-refractivity contribution in [2.75, 3.05) is 0 Å². The van der Waals surface area contributed by atoms with Gasteiger partial charge in [-0.05, 0) is 33.1 Å². The van der Waals surface area contributed by atoms with E-state index in [-0.39, 0.29) is 11.8 Å². The van der Waals surface area contributed by atoms with Crippen LogP contribution in [0.25, 0.3) is 0 Å². The lowest BCUT2D eigenvalue weighted by Gasteiger charge is -2.27. The Labute approximate surface area is 100 Å². The molecule has 0 aromatic heterocycles. The third-order valence-electron chi connectivity index (χ3n) is 3.22. The van der Waals surface area contributed by atoms with Gasteiger partial charge in [0.15, 0.2) is 0 Å². The molecule has 1 atom stereocenters. The highest BCUT2D eigenvalue weighted by Crippen LogP contribution is 2.29. The number of carbonyl (C=O) groups excluding carboxylic acids is 1. The number of amides is 2. The van der Waals surface area contributed by atoms with Crippen molar-refractivity contribution in [2.45, 2.75) is 33.1 Å². The van der Waals surface area contributed by atoms with Crippen LogP contribution < -0.4 is 10.0 Å². The summed E-state index contributed by atoms with van der Waals surface area (Å²) >= 11 is 0. The summed E-state index contributed by atoms with van der Waals surface area (Å²) in [6.07, 6.45) is 2.48. The van der Waals surface area contributed by atoms with Crippen molar-refractivity contribution in [3.8, 4) is 0 Å². The molecule has 17 heavy (non-hydrogen) atoms. The quantitative estimate of drug-likeness (QED) is 0.689. The maximum Gasteiger partial charge on any atom is 0.347 e. The minimum atomic E-state index is -3.85. The lowest BCUT2D eigenvalue weighted by molar-refractivity contribution is 0.249. The van der Waals surface area contributed by atoms with Crippen LogP contribution in [-0.4, -0.2) is 20.3 Å². The summed E-state index contributed by atoms with van der Waals surface area (Å²) in [6.45, 7) is 4.10. The Hall–Kier alpha value is -1.37. The summed E-state index contributed by atoms with van der Waals surface area (Å²) in [5.41, 5.74) is 2.58.